The smallest absolute Gasteiger partial charge is 0.303 e. The van der Waals surface area contributed by atoms with E-state index in [1.165, 1.54) is 49.2 Å². The number of Topliss-reactive ketones (excluding diaryl/α,β-unsaturated/α-hetero) is 1. The van der Waals surface area contributed by atoms with Gasteiger partial charge in [-0.3, -0.25) is 4.79 Å². The van der Waals surface area contributed by atoms with Gasteiger partial charge in [-0.1, -0.05) is 44.7 Å². The molecule has 0 bridgehead atoms. The largest absolute Gasteiger partial charge is 0.417 e. The van der Waals surface area contributed by atoms with E-state index >= 15 is 0 Å². The zero-order valence-electron chi connectivity index (χ0n) is 20.1. The second kappa shape index (κ2) is 9.93. The maximum absolute atomic E-state index is 13.4. The van der Waals surface area contributed by atoms with Gasteiger partial charge >= 0.3 is 6.18 Å². The monoisotopic (exact) mass is 491 g/mol. The maximum Gasteiger partial charge on any atom is 0.417 e. The molecule has 2 nitrogen and oxygen atoms in total. The van der Waals surface area contributed by atoms with Gasteiger partial charge in [0.25, 0.3) is 0 Å². The average Bonchev–Trinajstić information content (AvgIpc) is 3.45. The third-order valence-corrected chi connectivity index (χ3v) is 9.77. The maximum atomic E-state index is 13.4. The molecule has 186 valence electrons. The second-order valence-corrected chi connectivity index (χ2v) is 12.1. The van der Waals surface area contributed by atoms with Gasteiger partial charge in [0.2, 0.25) is 0 Å². The lowest BCUT2D eigenvalue weighted by Crippen LogP contribution is -2.34. The number of nitrogens with zero attached hydrogens (tertiary/aromatic N) is 1. The Labute approximate surface area is 204 Å². The van der Waals surface area contributed by atoms with Crippen LogP contribution in [-0.2, 0) is 11.0 Å². The Balaban J connectivity index is 1.09. The minimum absolute atomic E-state index is 0.279. The third kappa shape index (κ3) is 5.38. The SMILES string of the molecule is CC1CCC(CCC(=O)[C@@H]2CC2CN2CCC(c3csc4c(C(F)(F)F)cccc34)CC2)CC1. The highest BCUT2D eigenvalue weighted by molar-refractivity contribution is 7.17. The van der Waals surface area contributed by atoms with E-state index in [0.29, 0.717) is 22.3 Å². The number of hydrogen-bond donors (Lipinski definition) is 0. The Bertz CT molecular complexity index is 999. The molecule has 0 spiro atoms. The van der Waals surface area contributed by atoms with E-state index in [-0.39, 0.29) is 5.92 Å². The first-order chi connectivity index (χ1) is 16.3. The Hall–Kier alpha value is -1.40. The molecule has 0 amide bonds. The summed E-state index contributed by atoms with van der Waals surface area (Å²) in [5.74, 6) is 3.23. The van der Waals surface area contributed by atoms with E-state index in [2.05, 4.69) is 11.8 Å². The second-order valence-electron chi connectivity index (χ2n) is 11.2. The number of fused-ring (bicyclic) bond motifs is 1. The summed E-state index contributed by atoms with van der Waals surface area (Å²) in [6.07, 6.45) is 5.81. The van der Waals surface area contributed by atoms with E-state index in [1.54, 1.807) is 0 Å². The van der Waals surface area contributed by atoms with E-state index in [4.69, 9.17) is 0 Å². The molecule has 5 rings (SSSR count). The van der Waals surface area contributed by atoms with Gasteiger partial charge in [-0.05, 0) is 84.8 Å². The fourth-order valence-corrected chi connectivity index (χ4v) is 7.56. The summed E-state index contributed by atoms with van der Waals surface area (Å²) in [7, 11) is 0. The van der Waals surface area contributed by atoms with Crippen molar-refractivity contribution in [2.75, 3.05) is 19.6 Å². The zero-order chi connectivity index (χ0) is 23.9. The number of alkyl halides is 3. The summed E-state index contributed by atoms with van der Waals surface area (Å²) < 4.78 is 40.5. The van der Waals surface area contributed by atoms with Crippen LogP contribution in [0.5, 0.6) is 0 Å². The molecule has 1 unspecified atom stereocenters. The first kappa shape index (κ1) is 24.3. The number of benzene rings is 1. The van der Waals surface area contributed by atoms with Crippen molar-refractivity contribution in [3.63, 3.8) is 0 Å². The lowest BCUT2D eigenvalue weighted by molar-refractivity contribution is -0.136. The average molecular weight is 492 g/mol. The molecule has 2 atom stereocenters. The highest BCUT2D eigenvalue weighted by atomic mass is 32.1. The third-order valence-electron chi connectivity index (χ3n) is 8.73. The topological polar surface area (TPSA) is 20.3 Å². The predicted molar refractivity (Wildman–Crippen MR) is 132 cm³/mol. The predicted octanol–water partition coefficient (Wildman–Crippen LogP) is 7.91. The number of piperidine rings is 1. The summed E-state index contributed by atoms with van der Waals surface area (Å²) in [6, 6.07) is 4.57. The number of ketones is 1. The number of likely N-dealkylation sites (tertiary alicyclic amines) is 1. The molecule has 2 aliphatic carbocycles. The molecule has 3 fully saturated rings. The van der Waals surface area contributed by atoms with Crippen LogP contribution >= 0.6 is 11.3 Å². The molecule has 34 heavy (non-hydrogen) atoms. The summed E-state index contributed by atoms with van der Waals surface area (Å²) in [5.41, 5.74) is 0.573. The molecular formula is C28H36F3NOS. The molecule has 2 saturated carbocycles. The number of hydrogen-bond acceptors (Lipinski definition) is 3. The Morgan fingerprint density at radius 2 is 1.82 bits per heavy atom. The number of thiophene rings is 1. The summed E-state index contributed by atoms with van der Waals surface area (Å²) >= 11 is 1.23. The van der Waals surface area contributed by atoms with Crippen molar-refractivity contribution in [2.24, 2.45) is 23.7 Å². The Morgan fingerprint density at radius 1 is 1.09 bits per heavy atom. The van der Waals surface area contributed by atoms with E-state index in [9.17, 15) is 18.0 Å². The standard InChI is InChI=1S/C28H36F3NOS/c1-18-5-7-19(8-6-18)9-10-26(33)23-15-21(23)16-32-13-11-20(12-14-32)24-17-34-27-22(24)3-2-4-25(27)28(29,30)31/h2-4,17-21,23H,5-16H2,1H3/t18?,19?,21?,23-/m1/s1. The first-order valence-corrected chi connectivity index (χ1v) is 14.0. The van der Waals surface area contributed by atoms with Gasteiger partial charge in [0, 0.05) is 23.6 Å². The Kier molecular flexibility index (Phi) is 7.09. The van der Waals surface area contributed by atoms with Gasteiger partial charge in [-0.25, -0.2) is 0 Å². The van der Waals surface area contributed by atoms with Crippen LogP contribution in [0.1, 0.15) is 81.8 Å². The minimum atomic E-state index is -4.31. The van der Waals surface area contributed by atoms with Gasteiger partial charge in [0.1, 0.15) is 5.78 Å². The van der Waals surface area contributed by atoms with Crippen LogP contribution < -0.4 is 0 Å². The van der Waals surface area contributed by atoms with Gasteiger partial charge < -0.3 is 4.90 Å². The molecule has 1 saturated heterocycles. The van der Waals surface area contributed by atoms with Crippen molar-refractivity contribution < 1.29 is 18.0 Å². The van der Waals surface area contributed by atoms with Crippen LogP contribution in [0.2, 0.25) is 0 Å². The Morgan fingerprint density at radius 3 is 2.53 bits per heavy atom. The van der Waals surface area contributed by atoms with Crippen molar-refractivity contribution >= 4 is 27.2 Å². The van der Waals surface area contributed by atoms with Crippen molar-refractivity contribution in [1.29, 1.82) is 0 Å². The molecule has 6 heteroatoms. The minimum Gasteiger partial charge on any atom is -0.303 e. The van der Waals surface area contributed by atoms with Crippen molar-refractivity contribution in [1.82, 2.24) is 4.90 Å². The number of carbonyl (C=O) groups excluding carboxylic acids is 1. The van der Waals surface area contributed by atoms with E-state index in [1.807, 2.05) is 11.4 Å². The van der Waals surface area contributed by atoms with Crippen LogP contribution in [0.25, 0.3) is 10.1 Å². The molecule has 1 aliphatic heterocycles. The van der Waals surface area contributed by atoms with E-state index < -0.39 is 11.7 Å². The van der Waals surface area contributed by atoms with Crippen molar-refractivity contribution in [3.05, 3.63) is 34.7 Å². The molecule has 1 aromatic heterocycles. The molecule has 0 radical (unpaired) electrons. The highest BCUT2D eigenvalue weighted by Crippen LogP contribution is 2.45. The quantitative estimate of drug-likeness (QED) is 0.392. The first-order valence-electron chi connectivity index (χ1n) is 13.1. The van der Waals surface area contributed by atoms with Crippen LogP contribution in [0, 0.1) is 23.7 Å². The molecule has 2 aromatic rings. The number of rotatable bonds is 7. The fraction of sp³-hybridized carbons (Fsp3) is 0.679. The number of halogens is 3. The van der Waals surface area contributed by atoms with Crippen LogP contribution in [-0.4, -0.2) is 30.3 Å². The van der Waals surface area contributed by atoms with Crippen LogP contribution in [0.15, 0.2) is 23.6 Å². The molecule has 0 N–H and O–H groups in total. The fourth-order valence-electron chi connectivity index (χ4n) is 6.37. The van der Waals surface area contributed by atoms with E-state index in [0.717, 1.165) is 74.5 Å². The summed E-state index contributed by atoms with van der Waals surface area (Å²) in [5, 5.41) is 2.72. The zero-order valence-corrected chi connectivity index (χ0v) is 20.9. The van der Waals surface area contributed by atoms with Gasteiger partial charge in [0.05, 0.1) is 5.56 Å². The lowest BCUT2D eigenvalue weighted by atomic mass is 9.80. The van der Waals surface area contributed by atoms with Crippen LogP contribution in [0.4, 0.5) is 13.2 Å². The van der Waals surface area contributed by atoms with Crippen molar-refractivity contribution in [2.45, 2.75) is 76.8 Å². The van der Waals surface area contributed by atoms with Gasteiger partial charge in [0.15, 0.2) is 0 Å². The molecular weight excluding hydrogens is 455 g/mol. The van der Waals surface area contributed by atoms with Crippen LogP contribution in [0.3, 0.4) is 0 Å². The summed E-state index contributed by atoms with van der Waals surface area (Å²) in [4.78, 5) is 15.2. The van der Waals surface area contributed by atoms with Gasteiger partial charge in [-0.2, -0.15) is 13.2 Å². The normalized spacial score (nSPS) is 28.9. The number of carbonyl (C=O) groups is 1. The molecule has 1 aromatic carbocycles. The molecule has 2 heterocycles. The van der Waals surface area contributed by atoms with Crippen molar-refractivity contribution in [3.8, 4) is 0 Å². The lowest BCUT2D eigenvalue weighted by Gasteiger charge is -2.32. The summed E-state index contributed by atoms with van der Waals surface area (Å²) in [6.45, 7) is 5.29. The molecule has 3 aliphatic rings. The highest BCUT2D eigenvalue weighted by Gasteiger charge is 2.43. The van der Waals surface area contributed by atoms with Gasteiger partial charge in [-0.15, -0.1) is 11.3 Å².